The molecule has 0 amide bonds. The fraction of sp³-hybridized carbons (Fsp3) is 0.174. The summed E-state index contributed by atoms with van der Waals surface area (Å²) in [5.74, 6) is 1.67. The summed E-state index contributed by atoms with van der Waals surface area (Å²) in [5, 5.41) is 3.98. The predicted molar refractivity (Wildman–Crippen MR) is 114 cm³/mol. The molecule has 0 saturated heterocycles. The summed E-state index contributed by atoms with van der Waals surface area (Å²) in [6, 6.07) is 16.5. The van der Waals surface area contributed by atoms with Crippen LogP contribution in [0.4, 0.5) is 19.0 Å². The summed E-state index contributed by atoms with van der Waals surface area (Å²) in [5.41, 5.74) is 3.45. The molecule has 0 saturated carbocycles. The van der Waals surface area contributed by atoms with Gasteiger partial charge in [-0.05, 0) is 47.5 Å². The van der Waals surface area contributed by atoms with E-state index in [9.17, 15) is 13.2 Å². The highest BCUT2D eigenvalue weighted by Crippen LogP contribution is 2.30. The number of anilines is 1. The van der Waals surface area contributed by atoms with Crippen molar-refractivity contribution in [2.75, 3.05) is 19.0 Å². The molecule has 8 heteroatoms. The third-order valence-electron chi connectivity index (χ3n) is 4.69. The van der Waals surface area contributed by atoms with Gasteiger partial charge in [-0.15, -0.1) is 0 Å². The summed E-state index contributed by atoms with van der Waals surface area (Å²) in [6.07, 6.45) is -1.79. The smallest absolute Gasteiger partial charge is 0.392 e. The van der Waals surface area contributed by atoms with Gasteiger partial charge in [-0.1, -0.05) is 18.2 Å². The van der Waals surface area contributed by atoms with Gasteiger partial charge in [0, 0.05) is 30.4 Å². The van der Waals surface area contributed by atoms with E-state index in [-0.39, 0.29) is 0 Å². The van der Waals surface area contributed by atoms with E-state index in [1.165, 1.54) is 0 Å². The quantitative estimate of drug-likeness (QED) is 0.428. The zero-order valence-electron chi connectivity index (χ0n) is 16.6. The normalized spacial score (nSPS) is 11.5. The van der Waals surface area contributed by atoms with Gasteiger partial charge < -0.3 is 10.1 Å². The number of halogens is 3. The van der Waals surface area contributed by atoms with E-state index in [0.29, 0.717) is 17.4 Å². The first-order valence-electron chi connectivity index (χ1n) is 9.63. The monoisotopic (exact) mass is 424 g/mol. The van der Waals surface area contributed by atoms with Crippen LogP contribution in [0.2, 0.25) is 0 Å². The van der Waals surface area contributed by atoms with E-state index in [4.69, 9.17) is 4.74 Å². The van der Waals surface area contributed by atoms with Gasteiger partial charge >= 0.3 is 6.18 Å². The lowest BCUT2D eigenvalue weighted by Crippen LogP contribution is -2.12. The van der Waals surface area contributed by atoms with Crippen LogP contribution in [0.3, 0.4) is 0 Å². The number of aromatic nitrogens is 3. The molecule has 1 N–H and O–H groups in total. The van der Waals surface area contributed by atoms with Gasteiger partial charge in [0.15, 0.2) is 5.82 Å². The van der Waals surface area contributed by atoms with Crippen LogP contribution < -0.4 is 10.1 Å². The van der Waals surface area contributed by atoms with Crippen LogP contribution >= 0.6 is 0 Å². The number of nitrogens with one attached hydrogen (secondary N) is 1. The highest BCUT2D eigenvalue weighted by Gasteiger charge is 2.26. The Morgan fingerprint density at radius 2 is 1.71 bits per heavy atom. The van der Waals surface area contributed by atoms with Crippen LogP contribution in [0, 0.1) is 0 Å². The lowest BCUT2D eigenvalue weighted by molar-refractivity contribution is -0.139. The van der Waals surface area contributed by atoms with Gasteiger partial charge in [-0.3, -0.25) is 4.98 Å². The number of ether oxygens (including phenoxy) is 1. The fourth-order valence-electron chi connectivity index (χ4n) is 3.15. The molecule has 0 aliphatic heterocycles. The summed E-state index contributed by atoms with van der Waals surface area (Å²) in [7, 11) is 1.80. The third-order valence-corrected chi connectivity index (χ3v) is 4.69. The third kappa shape index (κ3) is 4.91. The van der Waals surface area contributed by atoms with Crippen LogP contribution in [0.25, 0.3) is 33.4 Å². The van der Waals surface area contributed by atoms with Crippen molar-refractivity contribution in [3.05, 3.63) is 67.0 Å². The minimum atomic E-state index is -4.23. The van der Waals surface area contributed by atoms with Crippen LogP contribution in [0.1, 0.15) is 6.42 Å². The Hall–Kier alpha value is -3.68. The van der Waals surface area contributed by atoms with Crippen molar-refractivity contribution in [3.8, 4) is 28.3 Å². The van der Waals surface area contributed by atoms with E-state index >= 15 is 0 Å². The molecule has 0 aliphatic rings. The van der Waals surface area contributed by atoms with E-state index in [2.05, 4.69) is 20.3 Å². The number of nitrogens with zero attached hydrogens (tertiary/aromatic N) is 3. The Balaban J connectivity index is 1.60. The average Bonchev–Trinajstić information content (AvgIpc) is 2.78. The molecule has 2 heterocycles. The number of benzene rings is 2. The lowest BCUT2D eigenvalue weighted by atomic mass is 10.0. The van der Waals surface area contributed by atoms with Gasteiger partial charge in [0.2, 0.25) is 0 Å². The molecule has 5 nitrogen and oxygen atoms in total. The summed E-state index contributed by atoms with van der Waals surface area (Å²) >= 11 is 0. The number of alkyl halides is 3. The van der Waals surface area contributed by atoms with Crippen molar-refractivity contribution < 1.29 is 17.9 Å². The van der Waals surface area contributed by atoms with Gasteiger partial charge in [0.1, 0.15) is 11.6 Å². The molecule has 0 radical (unpaired) electrons. The number of fused-ring (bicyclic) bond motifs is 1. The van der Waals surface area contributed by atoms with Crippen molar-refractivity contribution in [3.63, 3.8) is 0 Å². The number of hydrogen-bond acceptors (Lipinski definition) is 5. The van der Waals surface area contributed by atoms with E-state index in [0.717, 1.165) is 27.6 Å². The topological polar surface area (TPSA) is 59.9 Å². The highest BCUT2D eigenvalue weighted by atomic mass is 19.4. The second-order valence-electron chi connectivity index (χ2n) is 6.86. The first-order chi connectivity index (χ1) is 14.9. The SMILES string of the molecule is CNc1nc(-c2cccnc2)nc2ccc(-c3ccc(OCCC(F)(F)F)cc3)cc12. The van der Waals surface area contributed by atoms with Crippen LogP contribution in [0.15, 0.2) is 67.0 Å². The lowest BCUT2D eigenvalue weighted by Gasteiger charge is -2.11. The maximum absolute atomic E-state index is 12.3. The number of hydrogen-bond donors (Lipinski definition) is 1. The highest BCUT2D eigenvalue weighted by molar-refractivity contribution is 5.93. The molecule has 0 aliphatic carbocycles. The second-order valence-corrected chi connectivity index (χ2v) is 6.86. The molecule has 158 valence electrons. The molecule has 0 unspecified atom stereocenters. The Kier molecular flexibility index (Phi) is 5.70. The zero-order valence-corrected chi connectivity index (χ0v) is 16.6. The van der Waals surface area contributed by atoms with Crippen molar-refractivity contribution in [1.82, 2.24) is 15.0 Å². The molecule has 0 fully saturated rings. The van der Waals surface area contributed by atoms with Crippen molar-refractivity contribution in [2.45, 2.75) is 12.6 Å². The molecule has 4 aromatic rings. The number of pyridine rings is 1. The first-order valence-corrected chi connectivity index (χ1v) is 9.63. The minimum Gasteiger partial charge on any atom is -0.493 e. The summed E-state index contributed by atoms with van der Waals surface area (Å²) in [4.78, 5) is 13.4. The summed E-state index contributed by atoms with van der Waals surface area (Å²) < 4.78 is 41.9. The Bertz CT molecular complexity index is 1180. The zero-order chi connectivity index (χ0) is 21.8. The molecule has 4 rings (SSSR count). The van der Waals surface area contributed by atoms with Crippen molar-refractivity contribution in [2.24, 2.45) is 0 Å². The van der Waals surface area contributed by atoms with E-state index < -0.39 is 19.2 Å². The van der Waals surface area contributed by atoms with Crippen LogP contribution in [-0.2, 0) is 0 Å². The fourth-order valence-corrected chi connectivity index (χ4v) is 3.15. The molecular formula is C23H19F3N4O. The second kappa shape index (κ2) is 8.59. The minimum absolute atomic E-state index is 0.397. The Labute approximate surface area is 177 Å². The van der Waals surface area contributed by atoms with Gasteiger partial charge in [0.05, 0.1) is 18.5 Å². The van der Waals surface area contributed by atoms with Crippen molar-refractivity contribution >= 4 is 16.7 Å². The maximum atomic E-state index is 12.3. The summed E-state index contributed by atoms with van der Waals surface area (Å²) in [6.45, 7) is -0.402. The molecule has 0 bridgehead atoms. The average molecular weight is 424 g/mol. The molecule has 2 aromatic heterocycles. The standard InChI is InChI=1S/C23H19F3N4O/c1-27-22-19-13-16(15-4-7-18(8-5-15)31-12-10-23(24,25)26)6-9-20(19)29-21(30-22)17-3-2-11-28-14-17/h2-9,11,13-14H,10,12H2,1H3,(H,27,29,30). The molecule has 2 aromatic carbocycles. The van der Waals surface area contributed by atoms with Gasteiger partial charge in [0.25, 0.3) is 0 Å². The number of rotatable bonds is 6. The van der Waals surface area contributed by atoms with E-state index in [1.807, 2.05) is 42.5 Å². The Morgan fingerprint density at radius 1 is 0.935 bits per heavy atom. The first kappa shape index (κ1) is 20.6. The van der Waals surface area contributed by atoms with Crippen LogP contribution in [-0.4, -0.2) is 34.8 Å². The van der Waals surface area contributed by atoms with Gasteiger partial charge in [-0.2, -0.15) is 13.2 Å². The van der Waals surface area contributed by atoms with E-state index in [1.54, 1.807) is 31.6 Å². The van der Waals surface area contributed by atoms with Crippen molar-refractivity contribution in [1.29, 1.82) is 0 Å². The molecule has 0 spiro atoms. The largest absolute Gasteiger partial charge is 0.493 e. The molecule has 0 atom stereocenters. The predicted octanol–water partition coefficient (Wildman–Crippen LogP) is 5.73. The molecular weight excluding hydrogens is 405 g/mol. The Morgan fingerprint density at radius 3 is 2.39 bits per heavy atom. The van der Waals surface area contributed by atoms with Crippen LogP contribution in [0.5, 0.6) is 5.75 Å². The van der Waals surface area contributed by atoms with Gasteiger partial charge in [-0.25, -0.2) is 9.97 Å². The maximum Gasteiger partial charge on any atom is 0.392 e. The molecule has 31 heavy (non-hydrogen) atoms.